The lowest BCUT2D eigenvalue weighted by molar-refractivity contribution is -0.139. The van der Waals surface area contributed by atoms with Crippen molar-refractivity contribution in [2.75, 3.05) is 13.7 Å². The van der Waals surface area contributed by atoms with Crippen LogP contribution in [0.15, 0.2) is 46.8 Å². The van der Waals surface area contributed by atoms with E-state index >= 15 is 0 Å². The van der Waals surface area contributed by atoms with Gasteiger partial charge in [-0.2, -0.15) is 0 Å². The van der Waals surface area contributed by atoms with Crippen LogP contribution >= 0.6 is 0 Å². The first-order chi connectivity index (χ1) is 11.4. The highest BCUT2D eigenvalue weighted by Crippen LogP contribution is 2.39. The highest BCUT2D eigenvalue weighted by molar-refractivity contribution is 5.99. The van der Waals surface area contributed by atoms with Crippen LogP contribution in [0.4, 0.5) is 0 Å². The fraction of sp³-hybridized carbons (Fsp3) is 0.368. The molecule has 1 aromatic carbocycles. The lowest BCUT2D eigenvalue weighted by Crippen LogP contribution is -2.32. The molecule has 2 rings (SSSR count). The third kappa shape index (κ3) is 3.35. The number of hydrogen-bond acceptors (Lipinski definition) is 5. The normalized spacial score (nSPS) is 17.5. The Balaban J connectivity index is 2.63. The summed E-state index contributed by atoms with van der Waals surface area (Å²) in [7, 11) is 1.34. The highest BCUT2D eigenvalue weighted by atomic mass is 16.5. The van der Waals surface area contributed by atoms with Gasteiger partial charge >= 0.3 is 11.9 Å². The number of benzene rings is 1. The van der Waals surface area contributed by atoms with E-state index in [1.807, 2.05) is 38.1 Å². The molecule has 0 amide bonds. The van der Waals surface area contributed by atoms with Crippen molar-refractivity contribution < 1.29 is 19.1 Å². The second-order valence-electron chi connectivity index (χ2n) is 5.76. The Morgan fingerprint density at radius 1 is 1.00 bits per heavy atom. The van der Waals surface area contributed by atoms with Gasteiger partial charge in [-0.05, 0) is 33.3 Å². The zero-order valence-corrected chi connectivity index (χ0v) is 14.7. The van der Waals surface area contributed by atoms with Crippen LogP contribution in [0, 0.1) is 6.92 Å². The lowest BCUT2D eigenvalue weighted by atomic mass is 9.80. The third-order valence-electron chi connectivity index (χ3n) is 4.07. The molecule has 1 aliphatic rings. The van der Waals surface area contributed by atoms with Gasteiger partial charge in [0.2, 0.25) is 0 Å². The topological polar surface area (TPSA) is 64.6 Å². The third-order valence-corrected chi connectivity index (χ3v) is 4.07. The van der Waals surface area contributed by atoms with Crippen LogP contribution in [-0.4, -0.2) is 25.7 Å². The number of rotatable bonds is 4. The SMILES string of the molecule is CCOC(=O)C1=C(C)NC(C)=C(C(=O)OC)[C@H]1c1ccc(C)cc1. The van der Waals surface area contributed by atoms with Crippen LogP contribution < -0.4 is 5.32 Å². The molecule has 0 bridgehead atoms. The molecule has 0 aromatic heterocycles. The maximum Gasteiger partial charge on any atom is 0.336 e. The molecule has 1 atom stereocenters. The average Bonchev–Trinajstić information content (AvgIpc) is 2.54. The first kappa shape index (κ1) is 17.8. The molecule has 24 heavy (non-hydrogen) atoms. The minimum Gasteiger partial charge on any atom is -0.466 e. The van der Waals surface area contributed by atoms with E-state index in [0.29, 0.717) is 22.5 Å². The second-order valence-corrected chi connectivity index (χ2v) is 5.76. The molecule has 0 unspecified atom stereocenters. The quantitative estimate of drug-likeness (QED) is 0.860. The number of methoxy groups -OCH3 is 1. The molecule has 1 aliphatic heterocycles. The van der Waals surface area contributed by atoms with Gasteiger partial charge in [0.1, 0.15) is 0 Å². The summed E-state index contributed by atoms with van der Waals surface area (Å²) in [6, 6.07) is 7.77. The number of carbonyl (C=O) groups excluding carboxylic acids is 2. The molecular formula is C19H23NO4. The van der Waals surface area contributed by atoms with Gasteiger partial charge in [-0.25, -0.2) is 9.59 Å². The van der Waals surface area contributed by atoms with Gasteiger partial charge in [-0.1, -0.05) is 29.8 Å². The van der Waals surface area contributed by atoms with Crippen LogP contribution in [0.25, 0.3) is 0 Å². The molecule has 0 spiro atoms. The first-order valence-corrected chi connectivity index (χ1v) is 7.91. The minimum atomic E-state index is -0.515. The van der Waals surface area contributed by atoms with Gasteiger partial charge < -0.3 is 14.8 Å². The zero-order valence-electron chi connectivity index (χ0n) is 14.7. The van der Waals surface area contributed by atoms with Crippen LogP contribution in [-0.2, 0) is 19.1 Å². The largest absolute Gasteiger partial charge is 0.466 e. The highest BCUT2D eigenvalue weighted by Gasteiger charge is 2.37. The van der Waals surface area contributed by atoms with Gasteiger partial charge in [0.25, 0.3) is 0 Å². The van der Waals surface area contributed by atoms with Gasteiger partial charge in [0.05, 0.1) is 30.8 Å². The van der Waals surface area contributed by atoms with Crippen LogP contribution in [0.3, 0.4) is 0 Å². The molecule has 0 radical (unpaired) electrons. The molecule has 0 fully saturated rings. The van der Waals surface area contributed by atoms with Crippen molar-refractivity contribution in [3.8, 4) is 0 Å². The number of esters is 2. The van der Waals surface area contributed by atoms with Crippen LogP contribution in [0.1, 0.15) is 37.8 Å². The summed E-state index contributed by atoms with van der Waals surface area (Å²) in [6.45, 7) is 7.63. The van der Waals surface area contributed by atoms with E-state index in [9.17, 15) is 9.59 Å². The number of aryl methyl sites for hydroxylation is 1. The van der Waals surface area contributed by atoms with Crippen molar-refractivity contribution in [3.05, 3.63) is 57.9 Å². The number of dihydropyridines is 1. The van der Waals surface area contributed by atoms with E-state index in [1.54, 1.807) is 13.8 Å². The Morgan fingerprint density at radius 3 is 2.04 bits per heavy atom. The monoisotopic (exact) mass is 329 g/mol. The summed E-state index contributed by atoms with van der Waals surface area (Å²) in [5.41, 5.74) is 4.18. The Kier molecular flexibility index (Phi) is 5.44. The standard InChI is InChI=1S/C19H23NO4/c1-6-24-19(22)16-13(4)20-12(3)15(18(21)23-5)17(16)14-9-7-11(2)8-10-14/h7-10,17,20H,6H2,1-5H3/t17-/m1/s1. The number of allylic oxidation sites excluding steroid dienone is 2. The van der Waals surface area contributed by atoms with Crippen molar-refractivity contribution in [1.29, 1.82) is 0 Å². The summed E-state index contributed by atoms with van der Waals surface area (Å²) in [4.78, 5) is 24.9. The van der Waals surface area contributed by atoms with E-state index in [-0.39, 0.29) is 6.61 Å². The van der Waals surface area contributed by atoms with Crippen LogP contribution in [0.2, 0.25) is 0 Å². The van der Waals surface area contributed by atoms with Crippen molar-refractivity contribution in [3.63, 3.8) is 0 Å². The summed E-state index contributed by atoms with van der Waals surface area (Å²) in [5, 5.41) is 3.10. The maximum atomic E-state index is 12.5. The zero-order chi connectivity index (χ0) is 17.9. The van der Waals surface area contributed by atoms with E-state index in [2.05, 4.69) is 5.32 Å². The van der Waals surface area contributed by atoms with E-state index in [4.69, 9.17) is 9.47 Å². The Labute approximate surface area is 142 Å². The van der Waals surface area contributed by atoms with Gasteiger partial charge in [-0.15, -0.1) is 0 Å². The van der Waals surface area contributed by atoms with Gasteiger partial charge in [0.15, 0.2) is 0 Å². The van der Waals surface area contributed by atoms with Gasteiger partial charge in [0, 0.05) is 11.4 Å². The summed E-state index contributed by atoms with van der Waals surface area (Å²) in [5.74, 6) is -1.40. The molecule has 1 heterocycles. The van der Waals surface area contributed by atoms with Crippen molar-refractivity contribution in [2.24, 2.45) is 0 Å². The number of carbonyl (C=O) groups is 2. The average molecular weight is 329 g/mol. The molecule has 0 aliphatic carbocycles. The number of hydrogen-bond donors (Lipinski definition) is 1. The molecule has 5 heteroatoms. The van der Waals surface area contributed by atoms with E-state index < -0.39 is 17.9 Å². The smallest absolute Gasteiger partial charge is 0.336 e. The minimum absolute atomic E-state index is 0.270. The fourth-order valence-electron chi connectivity index (χ4n) is 2.95. The molecular weight excluding hydrogens is 306 g/mol. The van der Waals surface area contributed by atoms with E-state index in [1.165, 1.54) is 7.11 Å². The van der Waals surface area contributed by atoms with Crippen molar-refractivity contribution in [1.82, 2.24) is 5.32 Å². The van der Waals surface area contributed by atoms with Crippen LogP contribution in [0.5, 0.6) is 0 Å². The Bertz CT molecular complexity index is 713. The predicted molar refractivity (Wildman–Crippen MR) is 91.1 cm³/mol. The summed E-state index contributed by atoms with van der Waals surface area (Å²) >= 11 is 0. The fourth-order valence-corrected chi connectivity index (χ4v) is 2.95. The Hall–Kier alpha value is -2.56. The molecule has 128 valence electrons. The second kappa shape index (κ2) is 7.34. The lowest BCUT2D eigenvalue weighted by Gasteiger charge is -2.30. The molecule has 1 N–H and O–H groups in total. The molecule has 1 aromatic rings. The maximum absolute atomic E-state index is 12.5. The van der Waals surface area contributed by atoms with Gasteiger partial charge in [-0.3, -0.25) is 0 Å². The Morgan fingerprint density at radius 2 is 1.54 bits per heavy atom. The van der Waals surface area contributed by atoms with Crippen molar-refractivity contribution >= 4 is 11.9 Å². The first-order valence-electron chi connectivity index (χ1n) is 7.91. The number of nitrogens with one attached hydrogen (secondary N) is 1. The molecule has 0 saturated heterocycles. The summed E-state index contributed by atoms with van der Waals surface area (Å²) < 4.78 is 10.2. The van der Waals surface area contributed by atoms with Crippen molar-refractivity contribution in [2.45, 2.75) is 33.6 Å². The van der Waals surface area contributed by atoms with E-state index in [0.717, 1.165) is 11.1 Å². The predicted octanol–water partition coefficient (Wildman–Crippen LogP) is 2.97. The molecule has 0 saturated carbocycles. The molecule has 5 nitrogen and oxygen atoms in total. The summed E-state index contributed by atoms with van der Waals surface area (Å²) in [6.07, 6.45) is 0. The number of ether oxygens (including phenoxy) is 2.